The first-order valence-corrected chi connectivity index (χ1v) is 7.74. The minimum absolute atomic E-state index is 0.368. The van der Waals surface area contributed by atoms with Crippen molar-refractivity contribution in [1.29, 1.82) is 0 Å². The first-order valence-electron chi connectivity index (χ1n) is 7.74. The number of hydrogen-bond acceptors (Lipinski definition) is 4. The molecule has 0 bridgehead atoms. The molecule has 0 radical (unpaired) electrons. The lowest BCUT2D eigenvalue weighted by molar-refractivity contribution is -0.152. The highest BCUT2D eigenvalue weighted by atomic mass is 16.5. The van der Waals surface area contributed by atoms with E-state index in [0.29, 0.717) is 39.4 Å². The van der Waals surface area contributed by atoms with Crippen molar-refractivity contribution in [3.05, 3.63) is 35.9 Å². The number of amides is 2. The molecule has 0 spiro atoms. The fraction of sp³-hybridized carbons (Fsp3) is 0.529. The van der Waals surface area contributed by atoms with Crippen molar-refractivity contribution < 1.29 is 19.1 Å². The Morgan fingerprint density at radius 1 is 0.913 bits per heavy atom. The third-order valence-corrected chi connectivity index (χ3v) is 3.49. The maximum Gasteiger partial charge on any atom is 0.312 e. The molecule has 23 heavy (non-hydrogen) atoms. The molecular weight excluding hydrogens is 296 g/mol. The highest BCUT2D eigenvalue weighted by Gasteiger charge is 2.26. The fourth-order valence-corrected chi connectivity index (χ4v) is 2.12. The van der Waals surface area contributed by atoms with Crippen LogP contribution in [0, 0.1) is 0 Å². The van der Waals surface area contributed by atoms with E-state index in [1.54, 1.807) is 19.1 Å². The van der Waals surface area contributed by atoms with Crippen molar-refractivity contribution in [3.8, 4) is 0 Å². The summed E-state index contributed by atoms with van der Waals surface area (Å²) >= 11 is 0. The zero-order chi connectivity index (χ0) is 17.1. The normalized spacial score (nSPS) is 10.4. The quantitative estimate of drug-likeness (QED) is 0.640. The third kappa shape index (κ3) is 6.38. The first-order chi connectivity index (χ1) is 11.1. The summed E-state index contributed by atoms with van der Waals surface area (Å²) in [5.41, 5.74) is 0.996. The van der Waals surface area contributed by atoms with Crippen LogP contribution in [0.1, 0.15) is 12.5 Å². The van der Waals surface area contributed by atoms with E-state index in [9.17, 15) is 9.59 Å². The number of ether oxygens (including phenoxy) is 2. The molecule has 1 aromatic rings. The highest BCUT2D eigenvalue weighted by molar-refractivity contribution is 6.34. The Morgan fingerprint density at radius 2 is 1.43 bits per heavy atom. The van der Waals surface area contributed by atoms with Crippen molar-refractivity contribution in [3.63, 3.8) is 0 Å². The maximum atomic E-state index is 12.5. The summed E-state index contributed by atoms with van der Waals surface area (Å²) in [6.45, 7) is 4.26. The van der Waals surface area contributed by atoms with Crippen LogP contribution in [-0.4, -0.2) is 68.7 Å². The Hall–Kier alpha value is -1.92. The van der Waals surface area contributed by atoms with Crippen LogP contribution >= 0.6 is 0 Å². The SMILES string of the molecule is CCN(Cc1ccccc1)C(=O)C(=O)N(CCOC)CCOC. The van der Waals surface area contributed by atoms with E-state index in [1.165, 1.54) is 4.90 Å². The Bertz CT molecular complexity index is 471. The van der Waals surface area contributed by atoms with Gasteiger partial charge in [0, 0.05) is 40.4 Å². The van der Waals surface area contributed by atoms with E-state index in [-0.39, 0.29) is 0 Å². The van der Waals surface area contributed by atoms with Gasteiger partial charge >= 0.3 is 11.8 Å². The number of methoxy groups -OCH3 is 2. The molecule has 0 fully saturated rings. The minimum Gasteiger partial charge on any atom is -0.383 e. The second-order valence-corrected chi connectivity index (χ2v) is 5.08. The topological polar surface area (TPSA) is 59.1 Å². The van der Waals surface area contributed by atoms with E-state index in [4.69, 9.17) is 9.47 Å². The largest absolute Gasteiger partial charge is 0.383 e. The van der Waals surface area contributed by atoms with Gasteiger partial charge in [0.2, 0.25) is 0 Å². The number of carbonyl (C=O) groups is 2. The van der Waals surface area contributed by atoms with Crippen molar-refractivity contribution in [2.24, 2.45) is 0 Å². The van der Waals surface area contributed by atoms with E-state index in [1.807, 2.05) is 37.3 Å². The molecule has 128 valence electrons. The van der Waals surface area contributed by atoms with E-state index in [0.717, 1.165) is 5.56 Å². The van der Waals surface area contributed by atoms with Crippen LogP contribution in [0.2, 0.25) is 0 Å². The lowest BCUT2D eigenvalue weighted by atomic mass is 10.2. The highest BCUT2D eigenvalue weighted by Crippen LogP contribution is 2.06. The monoisotopic (exact) mass is 322 g/mol. The molecule has 6 heteroatoms. The fourth-order valence-electron chi connectivity index (χ4n) is 2.12. The maximum absolute atomic E-state index is 12.5. The van der Waals surface area contributed by atoms with Crippen molar-refractivity contribution >= 4 is 11.8 Å². The van der Waals surface area contributed by atoms with Crippen LogP contribution in [0.25, 0.3) is 0 Å². The molecule has 0 aliphatic heterocycles. The second kappa shape index (κ2) is 10.7. The van der Waals surface area contributed by atoms with Gasteiger partial charge in [-0.2, -0.15) is 0 Å². The van der Waals surface area contributed by atoms with Gasteiger partial charge in [-0.3, -0.25) is 9.59 Å². The first kappa shape index (κ1) is 19.1. The van der Waals surface area contributed by atoms with Crippen LogP contribution in [0.5, 0.6) is 0 Å². The molecule has 0 N–H and O–H groups in total. The molecule has 0 aromatic heterocycles. The van der Waals surface area contributed by atoms with Gasteiger partial charge in [-0.1, -0.05) is 30.3 Å². The molecule has 1 rings (SSSR count). The van der Waals surface area contributed by atoms with Crippen LogP contribution < -0.4 is 0 Å². The number of benzene rings is 1. The van der Waals surface area contributed by atoms with Crippen molar-refractivity contribution in [2.45, 2.75) is 13.5 Å². The van der Waals surface area contributed by atoms with Gasteiger partial charge in [-0.25, -0.2) is 0 Å². The predicted molar refractivity (Wildman–Crippen MR) is 87.9 cm³/mol. The summed E-state index contributed by atoms with van der Waals surface area (Å²) in [6.07, 6.45) is 0. The van der Waals surface area contributed by atoms with Gasteiger partial charge in [-0.15, -0.1) is 0 Å². The van der Waals surface area contributed by atoms with Crippen LogP contribution in [-0.2, 0) is 25.6 Å². The van der Waals surface area contributed by atoms with Gasteiger partial charge in [-0.05, 0) is 12.5 Å². The van der Waals surface area contributed by atoms with Crippen LogP contribution in [0.4, 0.5) is 0 Å². The summed E-state index contributed by atoms with van der Waals surface area (Å²) in [7, 11) is 3.13. The summed E-state index contributed by atoms with van der Waals surface area (Å²) in [5, 5.41) is 0. The molecule has 0 heterocycles. The molecule has 2 amide bonds. The average Bonchev–Trinajstić information content (AvgIpc) is 2.59. The molecule has 0 saturated carbocycles. The Balaban J connectivity index is 2.73. The summed E-state index contributed by atoms with van der Waals surface area (Å²) in [6, 6.07) is 9.63. The minimum atomic E-state index is -0.517. The molecule has 6 nitrogen and oxygen atoms in total. The van der Waals surface area contributed by atoms with E-state index >= 15 is 0 Å². The van der Waals surface area contributed by atoms with Gasteiger partial charge in [0.25, 0.3) is 0 Å². The summed E-state index contributed by atoms with van der Waals surface area (Å²) in [4.78, 5) is 28.0. The molecular formula is C17H26N2O4. The molecule has 0 aliphatic rings. The number of nitrogens with zero attached hydrogens (tertiary/aromatic N) is 2. The lowest BCUT2D eigenvalue weighted by Gasteiger charge is -2.26. The van der Waals surface area contributed by atoms with Crippen LogP contribution in [0.3, 0.4) is 0 Å². The molecule has 0 aliphatic carbocycles. The lowest BCUT2D eigenvalue weighted by Crippen LogP contribution is -2.47. The number of rotatable bonds is 9. The smallest absolute Gasteiger partial charge is 0.312 e. The Morgan fingerprint density at radius 3 is 1.91 bits per heavy atom. The zero-order valence-electron chi connectivity index (χ0n) is 14.2. The van der Waals surface area contributed by atoms with Gasteiger partial charge in [0.05, 0.1) is 13.2 Å². The Labute approximate surface area is 138 Å². The van der Waals surface area contributed by atoms with Crippen molar-refractivity contribution in [2.75, 3.05) is 47.1 Å². The number of hydrogen-bond donors (Lipinski definition) is 0. The van der Waals surface area contributed by atoms with Gasteiger partial charge in [0.15, 0.2) is 0 Å². The zero-order valence-corrected chi connectivity index (χ0v) is 14.2. The Kier molecular flexibility index (Phi) is 8.94. The molecule has 1 aromatic carbocycles. The van der Waals surface area contributed by atoms with Crippen molar-refractivity contribution in [1.82, 2.24) is 9.80 Å². The summed E-state index contributed by atoms with van der Waals surface area (Å²) < 4.78 is 10.0. The number of likely N-dealkylation sites (N-methyl/N-ethyl adjacent to an activating group) is 1. The third-order valence-electron chi connectivity index (χ3n) is 3.49. The average molecular weight is 322 g/mol. The van der Waals surface area contributed by atoms with Gasteiger partial charge in [0.1, 0.15) is 0 Å². The standard InChI is InChI=1S/C17H26N2O4/c1-4-18(14-15-8-6-5-7-9-15)16(20)17(21)19(10-12-22-2)11-13-23-3/h5-9H,4,10-14H2,1-3H3. The predicted octanol–water partition coefficient (Wildman–Crippen LogP) is 1.16. The van der Waals surface area contributed by atoms with Crippen LogP contribution in [0.15, 0.2) is 30.3 Å². The van der Waals surface area contributed by atoms with E-state index < -0.39 is 11.8 Å². The number of carbonyl (C=O) groups excluding carboxylic acids is 2. The van der Waals surface area contributed by atoms with Gasteiger partial charge < -0.3 is 19.3 Å². The molecule has 0 unspecified atom stereocenters. The van der Waals surface area contributed by atoms with E-state index in [2.05, 4.69) is 0 Å². The molecule has 0 atom stereocenters. The summed E-state index contributed by atoms with van der Waals surface area (Å²) in [5.74, 6) is -1.01. The second-order valence-electron chi connectivity index (χ2n) is 5.08. The molecule has 0 saturated heterocycles.